The summed E-state index contributed by atoms with van der Waals surface area (Å²) in [6.07, 6.45) is 7.93. The largest absolute Gasteiger partial charge is 0.396 e. The van der Waals surface area contributed by atoms with E-state index in [4.69, 9.17) is 5.11 Å². The average Bonchev–Trinajstić information content (AvgIpc) is 2.38. The maximum absolute atomic E-state index is 7.88. The van der Waals surface area contributed by atoms with Crippen LogP contribution in [-0.2, 0) is 0 Å². The summed E-state index contributed by atoms with van der Waals surface area (Å²) >= 11 is 0. The molecule has 0 saturated heterocycles. The van der Waals surface area contributed by atoms with Crippen LogP contribution >= 0.6 is 0 Å². The predicted molar refractivity (Wildman–Crippen MR) is 71.6 cm³/mol. The molecule has 2 heteroatoms. The molecule has 2 N–H and O–H groups in total. The van der Waals surface area contributed by atoms with Crippen molar-refractivity contribution >= 4 is 0 Å². The fourth-order valence-corrected chi connectivity index (χ4v) is 2.50. The van der Waals surface area contributed by atoms with E-state index < -0.39 is 0 Å². The van der Waals surface area contributed by atoms with Gasteiger partial charge in [0.25, 0.3) is 0 Å². The van der Waals surface area contributed by atoms with Crippen molar-refractivity contribution in [2.75, 3.05) is 13.7 Å². The van der Waals surface area contributed by atoms with E-state index in [0.29, 0.717) is 6.61 Å². The average molecular weight is 229 g/mol. The van der Waals surface area contributed by atoms with Crippen LogP contribution in [0.4, 0.5) is 0 Å². The standard InChI is InChI=1S/C11H23N.C3H8O/c1-4-9(2)10-7-5-6-8-11(10)12-3;1-2-3-4/h9-12H,4-8H2,1-3H3;4H,2-3H2,1H3. The highest BCUT2D eigenvalue weighted by Crippen LogP contribution is 2.31. The van der Waals surface area contributed by atoms with Gasteiger partial charge in [0, 0.05) is 12.6 Å². The summed E-state index contributed by atoms with van der Waals surface area (Å²) in [4.78, 5) is 0. The molecule has 98 valence electrons. The van der Waals surface area contributed by atoms with E-state index in [2.05, 4.69) is 26.2 Å². The lowest BCUT2D eigenvalue weighted by atomic mass is 9.76. The second-order valence-corrected chi connectivity index (χ2v) is 4.95. The minimum atomic E-state index is 0.319. The fourth-order valence-electron chi connectivity index (χ4n) is 2.50. The lowest BCUT2D eigenvalue weighted by Crippen LogP contribution is -2.39. The SMILES string of the molecule is CCC(C)C1CCCCC1NC.CCCO. The molecule has 0 amide bonds. The predicted octanol–water partition coefficient (Wildman–Crippen LogP) is 3.20. The van der Waals surface area contributed by atoms with Gasteiger partial charge < -0.3 is 10.4 Å². The number of aliphatic hydroxyl groups is 1. The van der Waals surface area contributed by atoms with E-state index in [0.717, 1.165) is 24.3 Å². The molecule has 0 bridgehead atoms. The van der Waals surface area contributed by atoms with Gasteiger partial charge in [-0.15, -0.1) is 0 Å². The number of aliphatic hydroxyl groups excluding tert-OH is 1. The molecule has 0 aliphatic heterocycles. The highest BCUT2D eigenvalue weighted by Gasteiger charge is 2.26. The Kier molecular flexibility index (Phi) is 10.0. The zero-order valence-corrected chi connectivity index (χ0v) is 11.6. The van der Waals surface area contributed by atoms with Gasteiger partial charge in [0.15, 0.2) is 0 Å². The van der Waals surface area contributed by atoms with Crippen LogP contribution in [0.5, 0.6) is 0 Å². The third kappa shape index (κ3) is 5.86. The number of hydrogen-bond acceptors (Lipinski definition) is 2. The minimum Gasteiger partial charge on any atom is -0.396 e. The summed E-state index contributed by atoms with van der Waals surface area (Å²) in [5.41, 5.74) is 0. The van der Waals surface area contributed by atoms with Crippen molar-refractivity contribution < 1.29 is 5.11 Å². The van der Waals surface area contributed by atoms with Crippen LogP contribution in [0, 0.1) is 11.8 Å². The minimum absolute atomic E-state index is 0.319. The topological polar surface area (TPSA) is 32.3 Å². The molecule has 0 aromatic heterocycles. The lowest BCUT2D eigenvalue weighted by molar-refractivity contribution is 0.199. The Hall–Kier alpha value is -0.0800. The smallest absolute Gasteiger partial charge is 0.0428 e. The normalized spacial score (nSPS) is 26.8. The van der Waals surface area contributed by atoms with Crippen molar-refractivity contribution in [2.24, 2.45) is 11.8 Å². The monoisotopic (exact) mass is 229 g/mol. The first-order valence-electron chi connectivity index (χ1n) is 6.99. The van der Waals surface area contributed by atoms with Crippen molar-refractivity contribution in [3.63, 3.8) is 0 Å². The van der Waals surface area contributed by atoms with Crippen LogP contribution < -0.4 is 5.32 Å². The van der Waals surface area contributed by atoms with Crippen molar-refractivity contribution in [3.05, 3.63) is 0 Å². The molecule has 1 fully saturated rings. The molecular formula is C14H31NO. The van der Waals surface area contributed by atoms with Gasteiger partial charge in [-0.05, 0) is 38.1 Å². The molecule has 0 aromatic rings. The molecule has 2 nitrogen and oxygen atoms in total. The Morgan fingerprint density at radius 1 is 1.25 bits per heavy atom. The first-order chi connectivity index (χ1) is 7.71. The van der Waals surface area contributed by atoms with Crippen molar-refractivity contribution in [3.8, 4) is 0 Å². The molecule has 1 aliphatic carbocycles. The van der Waals surface area contributed by atoms with E-state index in [1.807, 2.05) is 6.92 Å². The van der Waals surface area contributed by atoms with Gasteiger partial charge in [-0.25, -0.2) is 0 Å². The summed E-state index contributed by atoms with van der Waals surface area (Å²) in [7, 11) is 2.12. The molecule has 1 aliphatic rings. The number of hydrogen-bond donors (Lipinski definition) is 2. The molecule has 0 radical (unpaired) electrons. The first-order valence-corrected chi connectivity index (χ1v) is 6.99. The van der Waals surface area contributed by atoms with Gasteiger partial charge in [0.1, 0.15) is 0 Å². The summed E-state index contributed by atoms with van der Waals surface area (Å²) in [5.74, 6) is 1.84. The zero-order chi connectivity index (χ0) is 12.4. The van der Waals surface area contributed by atoms with Gasteiger partial charge in [-0.1, -0.05) is 40.0 Å². The van der Waals surface area contributed by atoms with E-state index in [1.165, 1.54) is 32.1 Å². The Labute approximate surface area is 102 Å². The van der Waals surface area contributed by atoms with Crippen molar-refractivity contribution in [1.29, 1.82) is 0 Å². The van der Waals surface area contributed by atoms with E-state index in [9.17, 15) is 0 Å². The second kappa shape index (κ2) is 10.1. The van der Waals surface area contributed by atoms with Crippen LogP contribution in [0.1, 0.15) is 59.3 Å². The van der Waals surface area contributed by atoms with E-state index >= 15 is 0 Å². The van der Waals surface area contributed by atoms with Crippen LogP contribution in [0.15, 0.2) is 0 Å². The Bertz CT molecular complexity index is 148. The number of nitrogens with one attached hydrogen (secondary N) is 1. The Morgan fingerprint density at radius 3 is 2.25 bits per heavy atom. The summed E-state index contributed by atoms with van der Waals surface area (Å²) < 4.78 is 0. The number of rotatable bonds is 4. The van der Waals surface area contributed by atoms with E-state index in [-0.39, 0.29) is 0 Å². The molecule has 1 rings (SSSR count). The van der Waals surface area contributed by atoms with Gasteiger partial charge in [0.05, 0.1) is 0 Å². The summed E-state index contributed by atoms with van der Waals surface area (Å²) in [6.45, 7) is 6.96. The first kappa shape index (κ1) is 15.9. The molecule has 3 atom stereocenters. The maximum atomic E-state index is 7.88. The third-order valence-corrected chi connectivity index (χ3v) is 3.79. The lowest BCUT2D eigenvalue weighted by Gasteiger charge is -2.35. The fraction of sp³-hybridized carbons (Fsp3) is 1.00. The van der Waals surface area contributed by atoms with Gasteiger partial charge in [-0.2, -0.15) is 0 Å². The maximum Gasteiger partial charge on any atom is 0.0428 e. The van der Waals surface area contributed by atoms with Gasteiger partial charge in [0.2, 0.25) is 0 Å². The van der Waals surface area contributed by atoms with Crippen LogP contribution in [0.25, 0.3) is 0 Å². The van der Waals surface area contributed by atoms with Gasteiger partial charge in [-0.3, -0.25) is 0 Å². The molecule has 3 unspecified atom stereocenters. The molecule has 0 heterocycles. The highest BCUT2D eigenvalue weighted by molar-refractivity contribution is 4.82. The molecule has 16 heavy (non-hydrogen) atoms. The van der Waals surface area contributed by atoms with Gasteiger partial charge >= 0.3 is 0 Å². The van der Waals surface area contributed by atoms with Crippen LogP contribution in [-0.4, -0.2) is 24.8 Å². The molecule has 0 aromatic carbocycles. The quantitative estimate of drug-likeness (QED) is 0.776. The van der Waals surface area contributed by atoms with Crippen molar-refractivity contribution in [2.45, 2.75) is 65.3 Å². The van der Waals surface area contributed by atoms with Crippen LogP contribution in [0.2, 0.25) is 0 Å². The molecular weight excluding hydrogens is 198 g/mol. The Morgan fingerprint density at radius 2 is 1.81 bits per heavy atom. The third-order valence-electron chi connectivity index (χ3n) is 3.79. The molecule has 1 saturated carbocycles. The van der Waals surface area contributed by atoms with Crippen LogP contribution in [0.3, 0.4) is 0 Å². The zero-order valence-electron chi connectivity index (χ0n) is 11.6. The van der Waals surface area contributed by atoms with E-state index in [1.54, 1.807) is 0 Å². The summed E-state index contributed by atoms with van der Waals surface area (Å²) in [5, 5.41) is 11.3. The highest BCUT2D eigenvalue weighted by atomic mass is 16.2. The van der Waals surface area contributed by atoms with Crippen molar-refractivity contribution in [1.82, 2.24) is 5.32 Å². The summed E-state index contributed by atoms with van der Waals surface area (Å²) in [6, 6.07) is 0.800. The molecule has 0 spiro atoms. The second-order valence-electron chi connectivity index (χ2n) is 4.95. The Balaban J connectivity index is 0.000000487.